The van der Waals surface area contributed by atoms with Crippen molar-refractivity contribution in [1.82, 2.24) is 0 Å². The molecule has 0 fully saturated rings. The molecule has 3 aromatic rings. The molecule has 0 aromatic heterocycles. The van der Waals surface area contributed by atoms with Crippen LogP contribution in [0, 0.1) is 20.2 Å². The molecular formula is C23H18Cl3N3O6. The number of alkyl halides is 3. The lowest BCUT2D eigenvalue weighted by atomic mass is 9.92. The largest absolute Gasteiger partial charge is 0.449 e. The van der Waals surface area contributed by atoms with Gasteiger partial charge in [0.15, 0.2) is 11.7 Å². The van der Waals surface area contributed by atoms with Gasteiger partial charge in [0.1, 0.15) is 0 Å². The SMILES string of the molecule is CN(C)c1ccc(-c2ccc([N+](=O)[O-])c(C(OC(=O)C(Cl)(Cl)Cl)c3ccccc3)c2[N+](=O)[O-])cc1. The zero-order valence-electron chi connectivity index (χ0n) is 18.4. The Balaban J connectivity index is 2.34. The number of hydrogen-bond donors (Lipinski definition) is 0. The summed E-state index contributed by atoms with van der Waals surface area (Å²) >= 11 is 17.0. The molecule has 0 saturated carbocycles. The maximum Gasteiger partial charge on any atom is 0.359 e. The number of hydrogen-bond acceptors (Lipinski definition) is 7. The number of rotatable bonds is 7. The Morgan fingerprint density at radius 2 is 1.51 bits per heavy atom. The number of nitrogens with zero attached hydrogens (tertiary/aromatic N) is 3. The Morgan fingerprint density at radius 1 is 0.914 bits per heavy atom. The fourth-order valence-corrected chi connectivity index (χ4v) is 3.61. The second kappa shape index (κ2) is 10.5. The number of anilines is 1. The van der Waals surface area contributed by atoms with E-state index in [1.165, 1.54) is 18.2 Å². The highest BCUT2D eigenvalue weighted by atomic mass is 35.6. The maximum absolute atomic E-state index is 12.5. The fraction of sp³-hybridized carbons (Fsp3) is 0.174. The van der Waals surface area contributed by atoms with Gasteiger partial charge in [-0.1, -0.05) is 77.3 Å². The van der Waals surface area contributed by atoms with Crippen LogP contribution in [0.1, 0.15) is 17.2 Å². The molecule has 12 heteroatoms. The first kappa shape index (κ1) is 26.2. The van der Waals surface area contributed by atoms with Gasteiger partial charge < -0.3 is 9.64 Å². The predicted molar refractivity (Wildman–Crippen MR) is 134 cm³/mol. The third-order valence-corrected chi connectivity index (χ3v) is 5.55. The van der Waals surface area contributed by atoms with Crippen LogP contribution in [0.15, 0.2) is 66.7 Å². The minimum atomic E-state index is -2.52. The Kier molecular flexibility index (Phi) is 7.84. The maximum atomic E-state index is 12.5. The fourth-order valence-electron chi connectivity index (χ4n) is 3.48. The molecule has 1 unspecified atom stereocenters. The lowest BCUT2D eigenvalue weighted by molar-refractivity contribution is -0.395. The van der Waals surface area contributed by atoms with E-state index in [0.717, 1.165) is 11.8 Å². The molecule has 3 rings (SSSR count). The van der Waals surface area contributed by atoms with Crippen molar-refractivity contribution in [1.29, 1.82) is 0 Å². The molecule has 182 valence electrons. The van der Waals surface area contributed by atoms with Crippen LogP contribution in [0.3, 0.4) is 0 Å². The molecule has 1 atom stereocenters. The first-order valence-corrected chi connectivity index (χ1v) is 11.1. The van der Waals surface area contributed by atoms with Crippen LogP contribution >= 0.6 is 34.8 Å². The number of nitro groups is 2. The van der Waals surface area contributed by atoms with Crippen LogP contribution in [-0.2, 0) is 9.53 Å². The molecule has 0 amide bonds. The molecule has 0 spiro atoms. The lowest BCUT2D eigenvalue weighted by Crippen LogP contribution is -2.25. The molecule has 0 aliphatic heterocycles. The summed E-state index contributed by atoms with van der Waals surface area (Å²) in [5.74, 6) is -1.35. The van der Waals surface area contributed by atoms with Crippen LogP contribution in [0.2, 0.25) is 0 Å². The average Bonchev–Trinajstić information content (AvgIpc) is 2.81. The Morgan fingerprint density at radius 3 is 2.00 bits per heavy atom. The molecule has 0 bridgehead atoms. The zero-order chi connectivity index (χ0) is 25.9. The quantitative estimate of drug-likeness (QED) is 0.151. The Hall–Kier alpha value is -3.40. The van der Waals surface area contributed by atoms with Gasteiger partial charge in [-0.15, -0.1) is 0 Å². The molecule has 0 radical (unpaired) electrons. The molecule has 0 heterocycles. The van der Waals surface area contributed by atoms with Crippen LogP contribution < -0.4 is 4.90 Å². The monoisotopic (exact) mass is 537 g/mol. The molecule has 0 N–H and O–H groups in total. The molecular weight excluding hydrogens is 521 g/mol. The molecule has 0 saturated heterocycles. The van der Waals surface area contributed by atoms with E-state index in [0.29, 0.717) is 5.56 Å². The summed E-state index contributed by atoms with van der Waals surface area (Å²) in [5, 5.41) is 24.3. The first-order chi connectivity index (χ1) is 16.4. The van der Waals surface area contributed by atoms with Gasteiger partial charge in [0.2, 0.25) is 0 Å². The summed E-state index contributed by atoms with van der Waals surface area (Å²) in [5.41, 5.74) is -0.120. The van der Waals surface area contributed by atoms with Gasteiger partial charge in [-0.2, -0.15) is 0 Å². The summed E-state index contributed by atoms with van der Waals surface area (Å²) in [6.45, 7) is 0. The van der Waals surface area contributed by atoms with E-state index in [2.05, 4.69) is 0 Å². The summed E-state index contributed by atoms with van der Waals surface area (Å²) in [4.78, 5) is 37.1. The average molecular weight is 539 g/mol. The third kappa shape index (κ3) is 5.82. The topological polar surface area (TPSA) is 116 Å². The highest BCUT2D eigenvalue weighted by Crippen LogP contribution is 2.45. The summed E-state index contributed by atoms with van der Waals surface area (Å²) < 4.78 is 2.84. The smallest absolute Gasteiger partial charge is 0.359 e. The number of ether oxygens (including phenoxy) is 1. The third-order valence-electron chi connectivity index (χ3n) is 5.09. The number of esters is 1. The van der Waals surface area contributed by atoms with E-state index in [-0.39, 0.29) is 11.1 Å². The molecule has 35 heavy (non-hydrogen) atoms. The molecule has 3 aromatic carbocycles. The summed E-state index contributed by atoms with van der Waals surface area (Å²) in [6.07, 6.45) is -1.61. The van der Waals surface area contributed by atoms with Crippen molar-refractivity contribution in [3.8, 4) is 11.1 Å². The van der Waals surface area contributed by atoms with Gasteiger partial charge in [0.05, 0.1) is 15.4 Å². The lowest BCUT2D eigenvalue weighted by Gasteiger charge is -2.22. The minimum Gasteiger partial charge on any atom is -0.449 e. The number of nitro benzene ring substituents is 2. The number of halogens is 3. The van der Waals surface area contributed by atoms with E-state index in [1.54, 1.807) is 42.5 Å². The number of benzene rings is 3. The van der Waals surface area contributed by atoms with Crippen molar-refractivity contribution >= 4 is 57.8 Å². The van der Waals surface area contributed by atoms with Crippen molar-refractivity contribution in [3.05, 3.63) is 98.1 Å². The van der Waals surface area contributed by atoms with Gasteiger partial charge >= 0.3 is 5.97 Å². The van der Waals surface area contributed by atoms with Gasteiger partial charge in [-0.3, -0.25) is 20.2 Å². The van der Waals surface area contributed by atoms with Crippen LogP contribution in [0.25, 0.3) is 11.1 Å². The second-order valence-electron chi connectivity index (χ2n) is 7.54. The van der Waals surface area contributed by atoms with E-state index in [1.807, 2.05) is 19.0 Å². The first-order valence-electron chi connectivity index (χ1n) is 9.98. The van der Waals surface area contributed by atoms with Crippen LogP contribution in [0.5, 0.6) is 0 Å². The number of carbonyl (C=O) groups excluding carboxylic acids is 1. The predicted octanol–water partition coefficient (Wildman–Crippen LogP) is 6.24. The van der Waals surface area contributed by atoms with E-state index >= 15 is 0 Å². The van der Waals surface area contributed by atoms with Gasteiger partial charge in [0.25, 0.3) is 15.2 Å². The molecule has 9 nitrogen and oxygen atoms in total. The van der Waals surface area contributed by atoms with Gasteiger partial charge in [-0.25, -0.2) is 4.79 Å². The Labute approximate surface area is 215 Å². The number of carbonyl (C=O) groups is 1. The van der Waals surface area contributed by atoms with E-state index in [9.17, 15) is 25.0 Å². The normalized spacial score (nSPS) is 12.0. The van der Waals surface area contributed by atoms with Crippen LogP contribution in [0.4, 0.5) is 17.1 Å². The van der Waals surface area contributed by atoms with E-state index in [4.69, 9.17) is 39.5 Å². The Bertz CT molecular complexity index is 1260. The summed E-state index contributed by atoms with van der Waals surface area (Å²) in [7, 11) is 3.68. The van der Waals surface area contributed by atoms with Gasteiger partial charge in [0, 0.05) is 25.8 Å². The summed E-state index contributed by atoms with van der Waals surface area (Å²) in [6, 6.07) is 17.0. The standard InChI is InChI=1S/C23H18Cl3N3O6/c1-27(2)16-10-8-14(9-11-16)17-12-13-18(28(31)32)19(20(17)29(33)34)21(15-6-4-3-5-7-15)35-22(30)23(24,25)26/h3-13,21H,1-2H3. The van der Waals surface area contributed by atoms with E-state index < -0.39 is 42.7 Å². The highest BCUT2D eigenvalue weighted by molar-refractivity contribution is 6.75. The van der Waals surface area contributed by atoms with Crippen molar-refractivity contribution in [2.24, 2.45) is 0 Å². The van der Waals surface area contributed by atoms with Crippen molar-refractivity contribution in [2.75, 3.05) is 19.0 Å². The molecule has 0 aliphatic rings. The van der Waals surface area contributed by atoms with Crippen LogP contribution in [-0.4, -0.2) is 33.7 Å². The van der Waals surface area contributed by atoms with Crippen molar-refractivity contribution in [3.63, 3.8) is 0 Å². The minimum absolute atomic E-state index is 0.0896. The second-order valence-corrected chi connectivity index (χ2v) is 9.83. The molecule has 0 aliphatic carbocycles. The van der Waals surface area contributed by atoms with Crippen molar-refractivity contribution in [2.45, 2.75) is 9.90 Å². The zero-order valence-corrected chi connectivity index (χ0v) is 20.6. The van der Waals surface area contributed by atoms with Crippen molar-refractivity contribution < 1.29 is 19.4 Å². The highest BCUT2D eigenvalue weighted by Gasteiger charge is 2.41. The van der Waals surface area contributed by atoms with Gasteiger partial charge in [-0.05, 0) is 29.3 Å².